The molecule has 0 saturated carbocycles. The van der Waals surface area contributed by atoms with Gasteiger partial charge in [0.2, 0.25) is 5.91 Å². The van der Waals surface area contributed by atoms with E-state index in [9.17, 15) is 4.79 Å². The first-order valence-electron chi connectivity index (χ1n) is 10.1. The van der Waals surface area contributed by atoms with Crippen molar-refractivity contribution in [3.05, 3.63) is 77.1 Å². The molecule has 1 saturated heterocycles. The quantitative estimate of drug-likeness (QED) is 0.638. The van der Waals surface area contributed by atoms with E-state index >= 15 is 0 Å². The molecule has 1 amide bonds. The molecule has 162 valence electrons. The van der Waals surface area contributed by atoms with Gasteiger partial charge in [0.05, 0.1) is 29.5 Å². The van der Waals surface area contributed by atoms with Crippen molar-refractivity contribution >= 4 is 40.1 Å². The predicted octanol–water partition coefficient (Wildman–Crippen LogP) is 3.19. The second-order valence-corrected chi connectivity index (χ2v) is 9.03. The number of hydrogen-bond acceptors (Lipinski definition) is 8. The third kappa shape index (κ3) is 4.12. The summed E-state index contributed by atoms with van der Waals surface area (Å²) >= 11 is 7.39. The number of amidine groups is 1. The lowest BCUT2D eigenvalue weighted by Crippen LogP contribution is -2.54. The van der Waals surface area contributed by atoms with Crippen molar-refractivity contribution in [1.29, 1.82) is 5.26 Å². The van der Waals surface area contributed by atoms with Gasteiger partial charge in [0.25, 0.3) is 0 Å². The zero-order valence-corrected chi connectivity index (χ0v) is 18.5. The molecular formula is C22H20ClN7OS. The lowest BCUT2D eigenvalue weighted by atomic mass is 10.00. The molecule has 3 unspecified atom stereocenters. The molecule has 0 bridgehead atoms. The lowest BCUT2D eigenvalue weighted by Gasteiger charge is -2.36. The Labute approximate surface area is 194 Å². The molecule has 3 N–H and O–H groups in total. The van der Waals surface area contributed by atoms with E-state index in [2.05, 4.69) is 37.2 Å². The Balaban J connectivity index is 1.18. The van der Waals surface area contributed by atoms with Crippen molar-refractivity contribution in [1.82, 2.24) is 20.8 Å². The molecule has 3 aliphatic rings. The Morgan fingerprint density at radius 2 is 2.12 bits per heavy atom. The molecule has 3 atom stereocenters. The van der Waals surface area contributed by atoms with Crippen molar-refractivity contribution in [2.75, 3.05) is 11.1 Å². The number of nitriles is 1. The first-order valence-corrected chi connectivity index (χ1v) is 11.5. The minimum absolute atomic E-state index is 0.0114. The smallest absolute Gasteiger partial charge is 0.234 e. The zero-order chi connectivity index (χ0) is 22.1. The SMILES string of the molecule is N#Cc1cccc(NC(=O)CSC2=NNC3C4CC(c5ccc(Cl)cc5)NN4C=CN23)c1. The topological polar surface area (TPSA) is 95.8 Å². The maximum atomic E-state index is 12.4. The van der Waals surface area contributed by atoms with Gasteiger partial charge in [0.15, 0.2) is 5.17 Å². The standard InChI is InChI=1S/C22H20ClN7OS/c23-16-6-4-15(5-7-16)18-11-19-21-26-27-22(29(21)8-9-30(19)28-18)32-13-20(31)25-17-3-1-2-14(10-17)12-24/h1-10,18-19,21,26,28H,11,13H2,(H,25,31). The predicted molar refractivity (Wildman–Crippen MR) is 125 cm³/mol. The molecule has 10 heteroatoms. The zero-order valence-electron chi connectivity index (χ0n) is 16.9. The molecule has 3 aliphatic heterocycles. The highest BCUT2D eigenvalue weighted by molar-refractivity contribution is 8.14. The van der Waals surface area contributed by atoms with Crippen LogP contribution < -0.4 is 16.2 Å². The Morgan fingerprint density at radius 1 is 1.28 bits per heavy atom. The molecule has 2 aromatic rings. The van der Waals surface area contributed by atoms with E-state index in [4.69, 9.17) is 16.9 Å². The molecule has 0 aliphatic carbocycles. The molecule has 8 nitrogen and oxygen atoms in total. The van der Waals surface area contributed by atoms with Crippen LogP contribution >= 0.6 is 23.4 Å². The van der Waals surface area contributed by atoms with Crippen LogP contribution in [0.2, 0.25) is 5.02 Å². The maximum Gasteiger partial charge on any atom is 0.234 e. The van der Waals surface area contributed by atoms with Crippen molar-refractivity contribution in [2.45, 2.75) is 24.7 Å². The number of nitrogens with zero attached hydrogens (tertiary/aromatic N) is 4. The van der Waals surface area contributed by atoms with Gasteiger partial charge in [-0.15, -0.1) is 0 Å². The van der Waals surface area contributed by atoms with Crippen LogP contribution in [-0.2, 0) is 4.79 Å². The van der Waals surface area contributed by atoms with Crippen LogP contribution in [0.15, 0.2) is 66.0 Å². The third-order valence-corrected chi connectivity index (χ3v) is 6.80. The summed E-state index contributed by atoms with van der Waals surface area (Å²) in [4.78, 5) is 14.5. The van der Waals surface area contributed by atoms with E-state index < -0.39 is 0 Å². The van der Waals surface area contributed by atoms with Crippen molar-refractivity contribution in [3.8, 4) is 6.07 Å². The van der Waals surface area contributed by atoms with Gasteiger partial charge >= 0.3 is 0 Å². The number of carbonyl (C=O) groups excluding carboxylic acids is 1. The van der Waals surface area contributed by atoms with E-state index in [-0.39, 0.29) is 29.9 Å². The summed E-state index contributed by atoms with van der Waals surface area (Å²) in [6, 6.07) is 17.2. The second-order valence-electron chi connectivity index (χ2n) is 7.65. The highest BCUT2D eigenvalue weighted by atomic mass is 35.5. The molecule has 0 spiro atoms. The van der Waals surface area contributed by atoms with E-state index in [0.29, 0.717) is 11.3 Å². The molecule has 5 rings (SSSR count). The van der Waals surface area contributed by atoms with Crippen LogP contribution in [0.4, 0.5) is 5.69 Å². The number of hydrazine groups is 1. The van der Waals surface area contributed by atoms with E-state index in [0.717, 1.165) is 16.6 Å². The number of anilines is 1. The van der Waals surface area contributed by atoms with E-state index in [1.807, 2.05) is 36.7 Å². The van der Waals surface area contributed by atoms with Crippen molar-refractivity contribution in [2.24, 2.45) is 5.10 Å². The Kier molecular flexibility index (Phi) is 5.66. The Bertz CT molecular complexity index is 1130. The fourth-order valence-electron chi connectivity index (χ4n) is 4.06. The van der Waals surface area contributed by atoms with E-state index in [1.165, 1.54) is 17.3 Å². The van der Waals surface area contributed by atoms with E-state index in [1.54, 1.807) is 24.3 Å². The number of benzene rings is 2. The molecule has 2 aromatic carbocycles. The molecule has 32 heavy (non-hydrogen) atoms. The van der Waals surface area contributed by atoms with Gasteiger partial charge in [-0.3, -0.25) is 10.2 Å². The summed E-state index contributed by atoms with van der Waals surface area (Å²) in [7, 11) is 0. The van der Waals surface area contributed by atoms with Crippen LogP contribution in [0.25, 0.3) is 0 Å². The number of amides is 1. The number of fused-ring (bicyclic) bond motifs is 3. The van der Waals surface area contributed by atoms with Crippen LogP contribution in [0.5, 0.6) is 0 Å². The number of rotatable bonds is 4. The van der Waals surface area contributed by atoms with Gasteiger partial charge in [0, 0.05) is 23.1 Å². The number of nitrogens with one attached hydrogen (secondary N) is 3. The van der Waals surface area contributed by atoms with Crippen LogP contribution in [-0.4, -0.2) is 38.9 Å². The van der Waals surface area contributed by atoms with Gasteiger partial charge in [-0.2, -0.15) is 10.4 Å². The van der Waals surface area contributed by atoms with Crippen LogP contribution in [0.3, 0.4) is 0 Å². The Hall–Kier alpha value is -3.19. The largest absolute Gasteiger partial charge is 0.325 e. The summed E-state index contributed by atoms with van der Waals surface area (Å²) in [6.07, 6.45) is 4.87. The summed E-state index contributed by atoms with van der Waals surface area (Å²) in [6.45, 7) is 0. The minimum Gasteiger partial charge on any atom is -0.325 e. The Morgan fingerprint density at radius 3 is 2.94 bits per heavy atom. The monoisotopic (exact) mass is 465 g/mol. The summed E-state index contributed by atoms with van der Waals surface area (Å²) in [5, 5.41) is 19.9. The number of thioether (sulfide) groups is 1. The number of hydrogen-bond donors (Lipinski definition) is 3. The highest BCUT2D eigenvalue weighted by Gasteiger charge is 2.44. The molecule has 1 fully saturated rings. The van der Waals surface area contributed by atoms with Crippen molar-refractivity contribution in [3.63, 3.8) is 0 Å². The average Bonchev–Trinajstić information content (AvgIpc) is 3.42. The average molecular weight is 466 g/mol. The number of halogens is 1. The number of hydrazone groups is 1. The fourth-order valence-corrected chi connectivity index (χ4v) is 4.96. The summed E-state index contributed by atoms with van der Waals surface area (Å²) in [5.74, 6) is 0.0678. The first kappa shape index (κ1) is 20.7. The van der Waals surface area contributed by atoms with Gasteiger partial charge < -0.3 is 15.2 Å². The molecular weight excluding hydrogens is 446 g/mol. The molecule has 3 heterocycles. The minimum atomic E-state index is -0.149. The molecule has 0 radical (unpaired) electrons. The van der Waals surface area contributed by atoms with Crippen LogP contribution in [0, 0.1) is 11.3 Å². The second kappa shape index (κ2) is 8.74. The molecule has 0 aromatic heterocycles. The third-order valence-electron chi connectivity index (χ3n) is 5.58. The van der Waals surface area contributed by atoms with Crippen LogP contribution in [0.1, 0.15) is 23.6 Å². The highest BCUT2D eigenvalue weighted by Crippen LogP contribution is 2.35. The number of carbonyl (C=O) groups is 1. The fraction of sp³-hybridized carbons (Fsp3) is 0.227. The van der Waals surface area contributed by atoms with Gasteiger partial charge in [-0.1, -0.05) is 41.6 Å². The van der Waals surface area contributed by atoms with Gasteiger partial charge in [-0.05, 0) is 42.3 Å². The summed E-state index contributed by atoms with van der Waals surface area (Å²) in [5.41, 5.74) is 9.06. The maximum absolute atomic E-state index is 12.4. The van der Waals surface area contributed by atoms with Gasteiger partial charge in [0.1, 0.15) is 6.17 Å². The van der Waals surface area contributed by atoms with Crippen molar-refractivity contribution < 1.29 is 4.79 Å². The summed E-state index contributed by atoms with van der Waals surface area (Å²) < 4.78 is 0. The van der Waals surface area contributed by atoms with Gasteiger partial charge in [-0.25, -0.2) is 5.43 Å². The lowest BCUT2D eigenvalue weighted by molar-refractivity contribution is -0.113. The normalized spacial score (nSPS) is 23.1. The first-order chi connectivity index (χ1) is 15.6.